The first-order valence-electron chi connectivity index (χ1n) is 4.40. The number of halogens is 1. The van der Waals surface area contributed by atoms with Crippen LogP contribution in [-0.2, 0) is 6.42 Å². The van der Waals surface area contributed by atoms with E-state index in [4.69, 9.17) is 5.73 Å². The van der Waals surface area contributed by atoms with E-state index in [2.05, 4.69) is 32.0 Å². The number of rotatable bonds is 2. The SMILES string of the molecule is NCCc1cnc2ncc(Br)cc2c1. The maximum Gasteiger partial charge on any atom is 0.159 e. The van der Waals surface area contributed by atoms with Crippen LogP contribution in [-0.4, -0.2) is 16.5 Å². The summed E-state index contributed by atoms with van der Waals surface area (Å²) in [5.41, 5.74) is 7.41. The number of hydrogen-bond donors (Lipinski definition) is 1. The normalized spacial score (nSPS) is 10.7. The van der Waals surface area contributed by atoms with E-state index in [9.17, 15) is 0 Å². The molecule has 0 radical (unpaired) electrons. The molecular formula is C10H10BrN3. The molecular weight excluding hydrogens is 242 g/mol. The Morgan fingerprint density at radius 1 is 1.21 bits per heavy atom. The van der Waals surface area contributed by atoms with Crippen LogP contribution >= 0.6 is 15.9 Å². The molecule has 0 aliphatic rings. The minimum atomic E-state index is 0.647. The molecule has 2 N–H and O–H groups in total. The molecule has 0 saturated carbocycles. The summed E-state index contributed by atoms with van der Waals surface area (Å²) in [6, 6.07) is 4.09. The van der Waals surface area contributed by atoms with Gasteiger partial charge in [-0.2, -0.15) is 0 Å². The van der Waals surface area contributed by atoms with Crippen LogP contribution in [0.2, 0.25) is 0 Å². The van der Waals surface area contributed by atoms with Crippen molar-refractivity contribution in [1.29, 1.82) is 0 Å². The van der Waals surface area contributed by atoms with Crippen LogP contribution in [0.15, 0.2) is 29.0 Å². The lowest BCUT2D eigenvalue weighted by Crippen LogP contribution is -2.03. The van der Waals surface area contributed by atoms with E-state index in [1.807, 2.05) is 12.3 Å². The van der Waals surface area contributed by atoms with Crippen LogP contribution < -0.4 is 5.73 Å². The van der Waals surface area contributed by atoms with Gasteiger partial charge in [0.05, 0.1) is 0 Å². The molecule has 0 amide bonds. The molecule has 0 spiro atoms. The second-order valence-corrected chi connectivity index (χ2v) is 4.00. The van der Waals surface area contributed by atoms with Gasteiger partial charge in [0.1, 0.15) is 0 Å². The van der Waals surface area contributed by atoms with Crippen molar-refractivity contribution in [2.24, 2.45) is 5.73 Å². The van der Waals surface area contributed by atoms with Crippen molar-refractivity contribution >= 4 is 27.0 Å². The smallest absolute Gasteiger partial charge is 0.159 e. The molecule has 72 valence electrons. The Bertz CT molecular complexity index is 456. The summed E-state index contributed by atoms with van der Waals surface area (Å²) in [7, 11) is 0. The minimum absolute atomic E-state index is 0.647. The van der Waals surface area contributed by atoms with Gasteiger partial charge in [-0.1, -0.05) is 0 Å². The summed E-state index contributed by atoms with van der Waals surface area (Å²) in [6.07, 6.45) is 4.43. The van der Waals surface area contributed by atoms with Gasteiger partial charge in [0.15, 0.2) is 5.65 Å². The number of pyridine rings is 2. The van der Waals surface area contributed by atoms with Gasteiger partial charge in [0.2, 0.25) is 0 Å². The number of fused-ring (bicyclic) bond motifs is 1. The average Bonchev–Trinajstić information content (AvgIpc) is 2.17. The zero-order valence-electron chi connectivity index (χ0n) is 7.57. The fourth-order valence-corrected chi connectivity index (χ4v) is 1.70. The lowest BCUT2D eigenvalue weighted by molar-refractivity contribution is 0.962. The molecule has 0 unspecified atom stereocenters. The zero-order chi connectivity index (χ0) is 9.97. The average molecular weight is 252 g/mol. The van der Waals surface area contributed by atoms with E-state index >= 15 is 0 Å². The molecule has 0 atom stereocenters. The highest BCUT2D eigenvalue weighted by Gasteiger charge is 1.99. The van der Waals surface area contributed by atoms with Gasteiger partial charge in [0, 0.05) is 22.3 Å². The molecule has 2 aromatic heterocycles. The molecule has 0 bridgehead atoms. The van der Waals surface area contributed by atoms with Gasteiger partial charge < -0.3 is 5.73 Å². The quantitative estimate of drug-likeness (QED) is 0.887. The number of hydrogen-bond acceptors (Lipinski definition) is 3. The topological polar surface area (TPSA) is 51.8 Å². The Morgan fingerprint density at radius 3 is 2.79 bits per heavy atom. The molecule has 0 aromatic carbocycles. The summed E-state index contributed by atoms with van der Waals surface area (Å²) in [4.78, 5) is 8.45. The van der Waals surface area contributed by atoms with Crippen molar-refractivity contribution in [1.82, 2.24) is 9.97 Å². The van der Waals surface area contributed by atoms with Crippen LogP contribution in [0.5, 0.6) is 0 Å². The van der Waals surface area contributed by atoms with Gasteiger partial charge >= 0.3 is 0 Å². The first kappa shape index (κ1) is 9.55. The van der Waals surface area contributed by atoms with E-state index in [1.165, 1.54) is 0 Å². The monoisotopic (exact) mass is 251 g/mol. The first-order valence-corrected chi connectivity index (χ1v) is 5.19. The predicted molar refractivity (Wildman–Crippen MR) is 60.0 cm³/mol. The maximum absolute atomic E-state index is 5.48. The third-order valence-electron chi connectivity index (χ3n) is 1.99. The third kappa shape index (κ3) is 1.91. The number of aromatic nitrogens is 2. The largest absolute Gasteiger partial charge is 0.330 e. The number of nitrogens with zero attached hydrogens (tertiary/aromatic N) is 2. The maximum atomic E-state index is 5.48. The molecule has 2 aromatic rings. The lowest BCUT2D eigenvalue weighted by Gasteiger charge is -2.00. The Hall–Kier alpha value is -1.00. The second kappa shape index (κ2) is 4.02. The van der Waals surface area contributed by atoms with Crippen LogP contribution in [0.4, 0.5) is 0 Å². The van der Waals surface area contributed by atoms with Gasteiger partial charge in [0.25, 0.3) is 0 Å². The van der Waals surface area contributed by atoms with Crippen molar-refractivity contribution in [2.75, 3.05) is 6.54 Å². The Balaban J connectivity index is 2.52. The van der Waals surface area contributed by atoms with Gasteiger partial charge in [-0.05, 0) is 46.6 Å². The highest BCUT2D eigenvalue weighted by Crippen LogP contribution is 2.16. The van der Waals surface area contributed by atoms with Crippen molar-refractivity contribution in [3.05, 3.63) is 34.6 Å². The van der Waals surface area contributed by atoms with Crippen LogP contribution in [0, 0.1) is 0 Å². The van der Waals surface area contributed by atoms with Gasteiger partial charge in [-0.15, -0.1) is 0 Å². The highest BCUT2D eigenvalue weighted by atomic mass is 79.9. The zero-order valence-corrected chi connectivity index (χ0v) is 9.16. The summed E-state index contributed by atoms with van der Waals surface area (Å²) >= 11 is 3.38. The van der Waals surface area contributed by atoms with Crippen molar-refractivity contribution in [3.8, 4) is 0 Å². The van der Waals surface area contributed by atoms with E-state index in [-0.39, 0.29) is 0 Å². The van der Waals surface area contributed by atoms with E-state index in [0.29, 0.717) is 6.54 Å². The standard InChI is InChI=1S/C10H10BrN3/c11-9-4-8-3-7(1-2-12)5-13-10(8)14-6-9/h3-6H,1-2,12H2. The molecule has 4 heteroatoms. The predicted octanol–water partition coefficient (Wildman–Crippen LogP) is 1.89. The van der Waals surface area contributed by atoms with Crippen molar-refractivity contribution in [3.63, 3.8) is 0 Å². The molecule has 0 aliphatic heterocycles. The van der Waals surface area contributed by atoms with Crippen LogP contribution in [0.25, 0.3) is 11.0 Å². The summed E-state index contributed by atoms with van der Waals surface area (Å²) in [5, 5.41) is 1.05. The van der Waals surface area contributed by atoms with E-state index < -0.39 is 0 Å². The van der Waals surface area contributed by atoms with E-state index in [0.717, 1.165) is 27.5 Å². The third-order valence-corrected chi connectivity index (χ3v) is 2.42. The number of nitrogens with two attached hydrogens (primary N) is 1. The molecule has 2 heterocycles. The second-order valence-electron chi connectivity index (χ2n) is 3.08. The van der Waals surface area contributed by atoms with Crippen LogP contribution in [0.1, 0.15) is 5.56 Å². The Kier molecular flexibility index (Phi) is 2.74. The molecule has 0 fully saturated rings. The summed E-state index contributed by atoms with van der Waals surface area (Å²) < 4.78 is 0.969. The molecule has 14 heavy (non-hydrogen) atoms. The first-order chi connectivity index (χ1) is 6.79. The molecule has 2 rings (SSSR count). The van der Waals surface area contributed by atoms with E-state index in [1.54, 1.807) is 6.20 Å². The molecule has 0 aliphatic carbocycles. The molecule has 0 saturated heterocycles. The fraction of sp³-hybridized carbons (Fsp3) is 0.200. The molecule has 3 nitrogen and oxygen atoms in total. The van der Waals surface area contributed by atoms with Crippen molar-refractivity contribution in [2.45, 2.75) is 6.42 Å². The lowest BCUT2D eigenvalue weighted by atomic mass is 10.1. The van der Waals surface area contributed by atoms with Crippen molar-refractivity contribution < 1.29 is 0 Å². The Labute approximate surface area is 90.5 Å². The minimum Gasteiger partial charge on any atom is -0.330 e. The van der Waals surface area contributed by atoms with Gasteiger partial charge in [-0.25, -0.2) is 9.97 Å². The summed E-state index contributed by atoms with van der Waals surface area (Å²) in [5.74, 6) is 0. The van der Waals surface area contributed by atoms with Crippen LogP contribution in [0.3, 0.4) is 0 Å². The fourth-order valence-electron chi connectivity index (χ4n) is 1.35. The highest BCUT2D eigenvalue weighted by molar-refractivity contribution is 9.10. The van der Waals surface area contributed by atoms with Gasteiger partial charge in [-0.3, -0.25) is 0 Å². The Morgan fingerprint density at radius 2 is 2.00 bits per heavy atom. The summed E-state index contributed by atoms with van der Waals surface area (Å²) in [6.45, 7) is 0.647.